The molecule has 0 aliphatic carbocycles. The number of carbonyl (C=O) groups excluding carboxylic acids is 1. The van der Waals surface area contributed by atoms with Crippen LogP contribution in [0.25, 0.3) is 11.1 Å². The number of aryl methyl sites for hydroxylation is 1. The van der Waals surface area contributed by atoms with Crippen molar-refractivity contribution in [1.29, 1.82) is 0 Å². The molecule has 0 spiro atoms. The van der Waals surface area contributed by atoms with Gasteiger partial charge in [-0.2, -0.15) is 0 Å². The number of methoxy groups -OCH3 is 1. The first-order chi connectivity index (χ1) is 10.1. The summed E-state index contributed by atoms with van der Waals surface area (Å²) in [5.41, 5.74) is 4.92. The predicted molar refractivity (Wildman–Crippen MR) is 89.5 cm³/mol. The van der Waals surface area contributed by atoms with E-state index < -0.39 is 0 Å². The van der Waals surface area contributed by atoms with Crippen molar-refractivity contribution in [2.75, 3.05) is 12.9 Å². The van der Waals surface area contributed by atoms with Crippen LogP contribution >= 0.6 is 11.8 Å². The molecule has 0 aliphatic heterocycles. The molecule has 2 rings (SSSR count). The van der Waals surface area contributed by atoms with Gasteiger partial charge in [-0.05, 0) is 30.5 Å². The van der Waals surface area contributed by atoms with Gasteiger partial charge < -0.3 is 4.74 Å². The molecule has 21 heavy (non-hydrogen) atoms. The second-order valence-corrected chi connectivity index (χ2v) is 6.35. The maximum atomic E-state index is 11.2. The lowest BCUT2D eigenvalue weighted by Gasteiger charge is -2.12. The molecule has 2 aromatic carbocycles. The van der Waals surface area contributed by atoms with Crippen molar-refractivity contribution in [2.24, 2.45) is 0 Å². The molecule has 0 aliphatic rings. The number of rotatable bonds is 5. The topological polar surface area (TPSA) is 26.3 Å². The lowest BCUT2D eigenvalue weighted by Crippen LogP contribution is -2.04. The van der Waals surface area contributed by atoms with Crippen LogP contribution in [0.4, 0.5) is 0 Å². The standard InChI is InChI=1S/C18H20O2S/c1-13-4-6-16(7-5-13)17-10-8-15(9-11-17)14(2)21-12-18(19)20-3/h4-11,14H,12H2,1-3H3. The molecule has 0 radical (unpaired) electrons. The summed E-state index contributed by atoms with van der Waals surface area (Å²) in [6.45, 7) is 4.20. The summed E-state index contributed by atoms with van der Waals surface area (Å²) in [5.74, 6) is 0.209. The zero-order valence-corrected chi connectivity index (χ0v) is 13.4. The van der Waals surface area contributed by atoms with Gasteiger partial charge in [-0.3, -0.25) is 4.79 Å². The van der Waals surface area contributed by atoms with Gasteiger partial charge >= 0.3 is 5.97 Å². The average Bonchev–Trinajstić information content (AvgIpc) is 2.53. The summed E-state index contributed by atoms with van der Waals surface area (Å²) in [4.78, 5) is 11.2. The van der Waals surface area contributed by atoms with Gasteiger partial charge in [-0.25, -0.2) is 0 Å². The van der Waals surface area contributed by atoms with Gasteiger partial charge in [-0.15, -0.1) is 11.8 Å². The molecule has 110 valence electrons. The van der Waals surface area contributed by atoms with Crippen LogP contribution in [-0.2, 0) is 9.53 Å². The van der Waals surface area contributed by atoms with Crippen molar-refractivity contribution < 1.29 is 9.53 Å². The summed E-state index contributed by atoms with van der Waals surface area (Å²) in [5, 5.41) is 0.274. The minimum atomic E-state index is -0.178. The Labute approximate surface area is 130 Å². The van der Waals surface area contributed by atoms with Crippen molar-refractivity contribution in [3.63, 3.8) is 0 Å². The van der Waals surface area contributed by atoms with E-state index in [2.05, 4.69) is 67.1 Å². The van der Waals surface area contributed by atoms with E-state index in [9.17, 15) is 4.79 Å². The van der Waals surface area contributed by atoms with E-state index in [1.165, 1.54) is 29.4 Å². The number of ether oxygens (including phenoxy) is 1. The minimum absolute atomic E-state index is 0.178. The fraction of sp³-hybridized carbons (Fsp3) is 0.278. The molecular formula is C18H20O2S. The highest BCUT2D eigenvalue weighted by atomic mass is 32.2. The number of hydrogen-bond acceptors (Lipinski definition) is 3. The Morgan fingerprint density at radius 2 is 1.57 bits per heavy atom. The third kappa shape index (κ3) is 4.36. The molecule has 0 amide bonds. The molecule has 0 saturated carbocycles. The summed E-state index contributed by atoms with van der Waals surface area (Å²) >= 11 is 1.59. The van der Waals surface area contributed by atoms with Crippen molar-refractivity contribution in [3.05, 3.63) is 59.7 Å². The molecule has 2 aromatic rings. The minimum Gasteiger partial charge on any atom is -0.468 e. The van der Waals surface area contributed by atoms with Gasteiger partial charge in [0.1, 0.15) is 0 Å². The fourth-order valence-electron chi connectivity index (χ4n) is 2.04. The smallest absolute Gasteiger partial charge is 0.315 e. The first kappa shape index (κ1) is 15.6. The van der Waals surface area contributed by atoms with Crippen LogP contribution in [0, 0.1) is 6.92 Å². The van der Waals surface area contributed by atoms with E-state index in [1.807, 2.05) is 0 Å². The van der Waals surface area contributed by atoms with Crippen LogP contribution in [0.2, 0.25) is 0 Å². The van der Waals surface area contributed by atoms with Gasteiger partial charge in [0.25, 0.3) is 0 Å². The maximum Gasteiger partial charge on any atom is 0.315 e. The van der Waals surface area contributed by atoms with Crippen molar-refractivity contribution >= 4 is 17.7 Å². The van der Waals surface area contributed by atoms with Crippen LogP contribution in [0.1, 0.15) is 23.3 Å². The first-order valence-corrected chi connectivity index (χ1v) is 8.00. The Bertz CT molecular complexity index is 588. The average molecular weight is 300 g/mol. The molecule has 0 N–H and O–H groups in total. The molecule has 0 fully saturated rings. The Balaban J connectivity index is 2.04. The lowest BCUT2D eigenvalue weighted by atomic mass is 10.0. The van der Waals surface area contributed by atoms with Crippen LogP contribution in [0.5, 0.6) is 0 Å². The number of esters is 1. The number of carbonyl (C=O) groups is 1. The van der Waals surface area contributed by atoms with Gasteiger partial charge in [0.2, 0.25) is 0 Å². The summed E-state index contributed by atoms with van der Waals surface area (Å²) in [7, 11) is 1.42. The van der Waals surface area contributed by atoms with Gasteiger partial charge in [-0.1, -0.05) is 54.1 Å². The zero-order chi connectivity index (χ0) is 15.2. The van der Waals surface area contributed by atoms with Gasteiger partial charge in [0, 0.05) is 5.25 Å². The Morgan fingerprint density at radius 3 is 2.10 bits per heavy atom. The largest absolute Gasteiger partial charge is 0.468 e. The molecule has 0 aromatic heterocycles. The highest BCUT2D eigenvalue weighted by Crippen LogP contribution is 2.30. The fourth-order valence-corrected chi connectivity index (χ4v) is 2.89. The second kappa shape index (κ2) is 7.32. The molecule has 1 unspecified atom stereocenters. The zero-order valence-electron chi connectivity index (χ0n) is 12.6. The monoisotopic (exact) mass is 300 g/mol. The van der Waals surface area contributed by atoms with Gasteiger partial charge in [0.05, 0.1) is 12.9 Å². The quantitative estimate of drug-likeness (QED) is 0.753. The van der Waals surface area contributed by atoms with E-state index in [1.54, 1.807) is 11.8 Å². The second-order valence-electron chi connectivity index (χ2n) is 5.02. The molecule has 0 heterocycles. The Morgan fingerprint density at radius 1 is 1.05 bits per heavy atom. The van der Waals surface area contributed by atoms with E-state index in [0.717, 1.165) is 0 Å². The third-order valence-corrected chi connectivity index (χ3v) is 4.62. The van der Waals surface area contributed by atoms with Crippen LogP contribution in [0.3, 0.4) is 0 Å². The van der Waals surface area contributed by atoms with Crippen molar-refractivity contribution in [3.8, 4) is 11.1 Å². The highest BCUT2D eigenvalue weighted by molar-refractivity contribution is 8.00. The van der Waals surface area contributed by atoms with Gasteiger partial charge in [0.15, 0.2) is 0 Å². The Hall–Kier alpha value is -1.74. The molecule has 2 nitrogen and oxygen atoms in total. The summed E-state index contributed by atoms with van der Waals surface area (Å²) < 4.78 is 4.66. The first-order valence-electron chi connectivity index (χ1n) is 6.95. The molecule has 0 saturated heterocycles. The number of hydrogen-bond donors (Lipinski definition) is 0. The normalized spacial score (nSPS) is 12.0. The lowest BCUT2D eigenvalue weighted by molar-refractivity contribution is -0.137. The van der Waals surface area contributed by atoms with Crippen molar-refractivity contribution in [1.82, 2.24) is 0 Å². The number of benzene rings is 2. The van der Waals surface area contributed by atoms with E-state index in [0.29, 0.717) is 5.75 Å². The molecule has 0 bridgehead atoms. The highest BCUT2D eigenvalue weighted by Gasteiger charge is 2.09. The van der Waals surface area contributed by atoms with Crippen LogP contribution in [0.15, 0.2) is 48.5 Å². The third-order valence-electron chi connectivity index (χ3n) is 3.44. The van der Waals surface area contributed by atoms with E-state index in [-0.39, 0.29) is 11.2 Å². The van der Waals surface area contributed by atoms with Crippen molar-refractivity contribution in [2.45, 2.75) is 19.1 Å². The molecule has 1 atom stereocenters. The predicted octanol–water partition coefficient (Wildman–Crippen LogP) is 4.63. The SMILES string of the molecule is COC(=O)CSC(C)c1ccc(-c2ccc(C)cc2)cc1. The molecular weight excluding hydrogens is 280 g/mol. The maximum absolute atomic E-state index is 11.2. The van der Waals surface area contributed by atoms with E-state index in [4.69, 9.17) is 0 Å². The Kier molecular flexibility index (Phi) is 5.45. The van der Waals surface area contributed by atoms with E-state index >= 15 is 0 Å². The molecule has 3 heteroatoms. The van der Waals surface area contributed by atoms with Crippen LogP contribution < -0.4 is 0 Å². The number of thioether (sulfide) groups is 1. The summed E-state index contributed by atoms with van der Waals surface area (Å²) in [6.07, 6.45) is 0. The summed E-state index contributed by atoms with van der Waals surface area (Å²) in [6, 6.07) is 17.0. The van der Waals surface area contributed by atoms with Crippen LogP contribution in [-0.4, -0.2) is 18.8 Å².